The lowest BCUT2D eigenvalue weighted by molar-refractivity contribution is 0.162. The van der Waals surface area contributed by atoms with Crippen molar-refractivity contribution < 1.29 is 0 Å². The third kappa shape index (κ3) is 4.63. The summed E-state index contributed by atoms with van der Waals surface area (Å²) in [6.07, 6.45) is 1.23. The summed E-state index contributed by atoms with van der Waals surface area (Å²) in [5.41, 5.74) is 7.45. The maximum atomic E-state index is 6.06. The fourth-order valence-electron chi connectivity index (χ4n) is 2.68. The van der Waals surface area contributed by atoms with Gasteiger partial charge in [-0.25, -0.2) is 0 Å². The highest BCUT2D eigenvalue weighted by atomic mass is 15.2. The van der Waals surface area contributed by atoms with E-state index in [1.807, 2.05) is 0 Å². The maximum Gasteiger partial charge on any atom is 0.0284 e. The van der Waals surface area contributed by atoms with Gasteiger partial charge in [-0.15, -0.1) is 0 Å². The number of nitrogens with zero attached hydrogens (tertiary/aromatic N) is 1. The van der Waals surface area contributed by atoms with E-state index < -0.39 is 0 Å². The molecule has 1 aromatic rings. The molecule has 0 aliphatic carbocycles. The lowest BCUT2D eigenvalue weighted by Gasteiger charge is -2.36. The van der Waals surface area contributed by atoms with Crippen LogP contribution in [0.15, 0.2) is 30.3 Å². The monoisotopic (exact) mass is 262 g/mol. The van der Waals surface area contributed by atoms with Gasteiger partial charge in [0.25, 0.3) is 0 Å². The topological polar surface area (TPSA) is 29.3 Å². The number of hydrogen-bond acceptors (Lipinski definition) is 2. The first-order valence-corrected chi connectivity index (χ1v) is 7.63. The van der Waals surface area contributed by atoms with Crippen LogP contribution in [0.1, 0.15) is 45.6 Å². The molecule has 0 saturated carbocycles. The summed E-state index contributed by atoms with van der Waals surface area (Å²) in [4.78, 5) is 2.55. The molecule has 19 heavy (non-hydrogen) atoms. The molecule has 0 saturated heterocycles. The summed E-state index contributed by atoms with van der Waals surface area (Å²) in [6.45, 7) is 12.1. The summed E-state index contributed by atoms with van der Waals surface area (Å²) in [5.74, 6) is 1.21. The number of benzene rings is 1. The second kappa shape index (κ2) is 8.34. The summed E-state index contributed by atoms with van der Waals surface area (Å²) < 4.78 is 0. The molecule has 108 valence electrons. The van der Waals surface area contributed by atoms with Gasteiger partial charge in [0.05, 0.1) is 0 Å². The van der Waals surface area contributed by atoms with Crippen molar-refractivity contribution in [2.24, 2.45) is 11.7 Å². The Morgan fingerprint density at radius 2 is 1.74 bits per heavy atom. The van der Waals surface area contributed by atoms with Crippen LogP contribution in [0.25, 0.3) is 0 Å². The zero-order valence-electron chi connectivity index (χ0n) is 13.0. The second-order valence-electron chi connectivity index (χ2n) is 5.60. The van der Waals surface area contributed by atoms with Crippen LogP contribution in [-0.2, 0) is 0 Å². The molecule has 0 heterocycles. The Labute approximate surface area is 119 Å². The Balaban J connectivity index is 2.79. The van der Waals surface area contributed by atoms with Gasteiger partial charge in [-0.3, -0.25) is 4.90 Å². The third-order valence-corrected chi connectivity index (χ3v) is 4.26. The first-order chi connectivity index (χ1) is 9.13. The minimum Gasteiger partial charge on any atom is -0.329 e. The van der Waals surface area contributed by atoms with E-state index in [1.54, 1.807) is 0 Å². The highest BCUT2D eigenvalue weighted by molar-refractivity contribution is 5.20. The van der Waals surface area contributed by atoms with Crippen LogP contribution in [0.3, 0.4) is 0 Å². The van der Waals surface area contributed by atoms with Gasteiger partial charge in [-0.1, -0.05) is 64.4 Å². The van der Waals surface area contributed by atoms with Gasteiger partial charge >= 0.3 is 0 Å². The van der Waals surface area contributed by atoms with E-state index in [4.69, 9.17) is 5.73 Å². The quantitative estimate of drug-likeness (QED) is 0.777. The summed E-state index contributed by atoms with van der Waals surface area (Å²) in [7, 11) is 0. The SMILES string of the molecule is CCC(C)CN(CC)C(CN)C(C)c1ccccc1. The Morgan fingerprint density at radius 3 is 2.21 bits per heavy atom. The molecular weight excluding hydrogens is 232 g/mol. The standard InChI is InChI=1S/C17H30N2/c1-5-14(3)13-19(6-2)17(12-18)15(4)16-10-8-7-9-11-16/h7-11,14-15,17H,5-6,12-13,18H2,1-4H3. The lowest BCUT2D eigenvalue weighted by atomic mass is 9.91. The van der Waals surface area contributed by atoms with Crippen molar-refractivity contribution in [3.63, 3.8) is 0 Å². The molecule has 0 spiro atoms. The minimum absolute atomic E-state index is 0.432. The van der Waals surface area contributed by atoms with E-state index in [2.05, 4.69) is 62.9 Å². The third-order valence-electron chi connectivity index (χ3n) is 4.26. The smallest absolute Gasteiger partial charge is 0.0284 e. The van der Waals surface area contributed by atoms with E-state index in [0.717, 1.165) is 25.6 Å². The van der Waals surface area contributed by atoms with E-state index >= 15 is 0 Å². The van der Waals surface area contributed by atoms with E-state index in [9.17, 15) is 0 Å². The Morgan fingerprint density at radius 1 is 1.11 bits per heavy atom. The Kier molecular flexibility index (Phi) is 7.11. The zero-order chi connectivity index (χ0) is 14.3. The molecule has 0 bridgehead atoms. The van der Waals surface area contributed by atoms with Gasteiger partial charge in [0.15, 0.2) is 0 Å². The van der Waals surface area contributed by atoms with Crippen molar-refractivity contribution in [1.82, 2.24) is 4.90 Å². The van der Waals surface area contributed by atoms with Crippen molar-refractivity contribution >= 4 is 0 Å². The molecule has 3 atom stereocenters. The van der Waals surface area contributed by atoms with Gasteiger partial charge in [0.2, 0.25) is 0 Å². The van der Waals surface area contributed by atoms with Crippen LogP contribution in [0.2, 0.25) is 0 Å². The van der Waals surface area contributed by atoms with Crippen molar-refractivity contribution in [3.05, 3.63) is 35.9 Å². The van der Waals surface area contributed by atoms with Crippen LogP contribution in [0, 0.1) is 5.92 Å². The normalized spacial score (nSPS) is 16.3. The van der Waals surface area contributed by atoms with Crippen molar-refractivity contribution in [3.8, 4) is 0 Å². The predicted molar refractivity (Wildman–Crippen MR) is 84.4 cm³/mol. The molecule has 2 N–H and O–H groups in total. The fraction of sp³-hybridized carbons (Fsp3) is 0.647. The first-order valence-electron chi connectivity index (χ1n) is 7.63. The molecule has 0 amide bonds. The van der Waals surface area contributed by atoms with Gasteiger partial charge < -0.3 is 5.73 Å². The summed E-state index contributed by atoms with van der Waals surface area (Å²) >= 11 is 0. The zero-order valence-corrected chi connectivity index (χ0v) is 13.0. The molecule has 0 aromatic heterocycles. The number of hydrogen-bond donors (Lipinski definition) is 1. The fourth-order valence-corrected chi connectivity index (χ4v) is 2.68. The van der Waals surface area contributed by atoms with Crippen LogP contribution in [0.5, 0.6) is 0 Å². The summed E-state index contributed by atoms with van der Waals surface area (Å²) in [5, 5.41) is 0. The average Bonchev–Trinajstić information content (AvgIpc) is 2.47. The van der Waals surface area contributed by atoms with E-state index in [-0.39, 0.29) is 0 Å². The number of nitrogens with two attached hydrogens (primary N) is 1. The largest absolute Gasteiger partial charge is 0.329 e. The molecule has 0 radical (unpaired) electrons. The average molecular weight is 262 g/mol. The predicted octanol–water partition coefficient (Wildman–Crippen LogP) is 3.49. The van der Waals surface area contributed by atoms with Gasteiger partial charge in [0.1, 0.15) is 0 Å². The Hall–Kier alpha value is -0.860. The van der Waals surface area contributed by atoms with Crippen molar-refractivity contribution in [2.75, 3.05) is 19.6 Å². The van der Waals surface area contributed by atoms with E-state index in [1.165, 1.54) is 12.0 Å². The second-order valence-corrected chi connectivity index (χ2v) is 5.60. The van der Waals surface area contributed by atoms with Gasteiger partial charge in [0, 0.05) is 19.1 Å². The molecule has 0 aliphatic heterocycles. The van der Waals surface area contributed by atoms with Crippen LogP contribution in [0.4, 0.5) is 0 Å². The first kappa shape index (κ1) is 16.2. The van der Waals surface area contributed by atoms with Gasteiger partial charge in [-0.05, 0) is 23.9 Å². The molecule has 1 aromatic carbocycles. The Bertz CT molecular complexity index is 336. The number of likely N-dealkylation sites (N-methyl/N-ethyl adjacent to an activating group) is 1. The molecule has 0 aliphatic rings. The van der Waals surface area contributed by atoms with Crippen molar-refractivity contribution in [2.45, 2.75) is 46.1 Å². The highest BCUT2D eigenvalue weighted by Crippen LogP contribution is 2.23. The minimum atomic E-state index is 0.432. The number of rotatable bonds is 8. The van der Waals surface area contributed by atoms with E-state index in [0.29, 0.717) is 12.0 Å². The lowest BCUT2D eigenvalue weighted by Crippen LogP contribution is -2.45. The maximum absolute atomic E-state index is 6.06. The van der Waals surface area contributed by atoms with Gasteiger partial charge in [-0.2, -0.15) is 0 Å². The van der Waals surface area contributed by atoms with Crippen LogP contribution >= 0.6 is 0 Å². The molecule has 2 heteroatoms. The van der Waals surface area contributed by atoms with Crippen LogP contribution < -0.4 is 5.73 Å². The molecule has 2 nitrogen and oxygen atoms in total. The van der Waals surface area contributed by atoms with Crippen molar-refractivity contribution in [1.29, 1.82) is 0 Å². The summed E-state index contributed by atoms with van der Waals surface area (Å²) in [6, 6.07) is 11.2. The molecular formula is C17H30N2. The molecule has 3 unspecified atom stereocenters. The molecule has 1 rings (SSSR count). The van der Waals surface area contributed by atoms with Crippen LogP contribution in [-0.4, -0.2) is 30.6 Å². The molecule has 0 fully saturated rings. The highest BCUT2D eigenvalue weighted by Gasteiger charge is 2.24.